The summed E-state index contributed by atoms with van der Waals surface area (Å²) in [6.45, 7) is 6.89. The van der Waals surface area contributed by atoms with Gasteiger partial charge in [-0.25, -0.2) is 0 Å². The topological polar surface area (TPSA) is 0 Å². The molecule has 0 N–H and O–H groups in total. The Balaban J connectivity index is 1.96. The van der Waals surface area contributed by atoms with Crippen molar-refractivity contribution in [1.82, 2.24) is 0 Å². The molecule has 0 nitrogen and oxygen atoms in total. The number of hydrogen-bond acceptors (Lipinski definition) is 0. The lowest BCUT2D eigenvalue weighted by Crippen LogP contribution is -2.12. The molecule has 0 heteroatoms. The van der Waals surface area contributed by atoms with Crippen molar-refractivity contribution in [3.8, 4) is 22.3 Å². The van der Waals surface area contributed by atoms with Crippen LogP contribution in [0.2, 0.25) is 0 Å². The van der Waals surface area contributed by atoms with Crippen molar-refractivity contribution in [2.75, 3.05) is 0 Å². The highest BCUT2D eigenvalue weighted by molar-refractivity contribution is 5.94. The van der Waals surface area contributed by atoms with Gasteiger partial charge in [0.25, 0.3) is 0 Å². The average molecular weight is 336 g/mol. The third-order valence-corrected chi connectivity index (χ3v) is 4.98. The van der Waals surface area contributed by atoms with Crippen molar-refractivity contribution in [2.45, 2.75) is 26.2 Å². The van der Waals surface area contributed by atoms with Gasteiger partial charge in [0.05, 0.1) is 0 Å². The standard InChI is InChI=1S/C26H24/c1-26(2,3)25-18-23(20-12-8-5-9-13-20)16-22-15-14-21(17-24(22)25)19-10-6-4-7-11-19/h4-18H,1-3H3. The first-order chi connectivity index (χ1) is 12.5. The van der Waals surface area contributed by atoms with Crippen molar-refractivity contribution in [3.05, 3.63) is 96.6 Å². The maximum atomic E-state index is 2.37. The Morgan fingerprint density at radius 3 is 1.65 bits per heavy atom. The first kappa shape index (κ1) is 16.6. The Labute approximate surface area is 156 Å². The van der Waals surface area contributed by atoms with E-state index in [0.717, 1.165) is 0 Å². The fraction of sp³-hybridized carbons (Fsp3) is 0.154. The molecule has 0 spiro atoms. The van der Waals surface area contributed by atoms with E-state index in [9.17, 15) is 0 Å². The lowest BCUT2D eigenvalue weighted by molar-refractivity contribution is 0.596. The van der Waals surface area contributed by atoms with Gasteiger partial charge in [-0.1, -0.05) is 93.6 Å². The highest BCUT2D eigenvalue weighted by atomic mass is 14.2. The summed E-state index contributed by atoms with van der Waals surface area (Å²) in [5, 5.41) is 2.65. The Hall–Kier alpha value is -2.86. The van der Waals surface area contributed by atoms with Gasteiger partial charge in [-0.3, -0.25) is 0 Å². The second kappa shape index (κ2) is 6.46. The van der Waals surface area contributed by atoms with Crippen LogP contribution >= 0.6 is 0 Å². The molecule has 4 aromatic rings. The van der Waals surface area contributed by atoms with Gasteiger partial charge in [-0.15, -0.1) is 0 Å². The van der Waals surface area contributed by atoms with E-state index in [1.807, 2.05) is 0 Å². The van der Waals surface area contributed by atoms with Crippen LogP contribution in [0.15, 0.2) is 91.0 Å². The van der Waals surface area contributed by atoms with E-state index in [-0.39, 0.29) is 5.41 Å². The van der Waals surface area contributed by atoms with Gasteiger partial charge >= 0.3 is 0 Å². The Morgan fingerprint density at radius 1 is 0.500 bits per heavy atom. The van der Waals surface area contributed by atoms with E-state index >= 15 is 0 Å². The van der Waals surface area contributed by atoms with Crippen LogP contribution in [0.5, 0.6) is 0 Å². The third-order valence-electron chi connectivity index (χ3n) is 4.98. The Morgan fingerprint density at radius 2 is 1.08 bits per heavy atom. The predicted octanol–water partition coefficient (Wildman–Crippen LogP) is 7.47. The second-order valence-electron chi connectivity index (χ2n) is 7.94. The van der Waals surface area contributed by atoms with Gasteiger partial charge in [0, 0.05) is 0 Å². The van der Waals surface area contributed by atoms with Crippen LogP contribution in [-0.2, 0) is 5.41 Å². The van der Waals surface area contributed by atoms with Crippen LogP contribution in [0.25, 0.3) is 33.0 Å². The number of fused-ring (bicyclic) bond motifs is 1. The molecule has 128 valence electrons. The minimum atomic E-state index is 0.0817. The Kier molecular flexibility index (Phi) is 4.12. The largest absolute Gasteiger partial charge is 0.0622 e. The normalized spacial score (nSPS) is 11.7. The van der Waals surface area contributed by atoms with E-state index in [1.54, 1.807) is 0 Å². The monoisotopic (exact) mass is 336 g/mol. The lowest BCUT2D eigenvalue weighted by Gasteiger charge is -2.23. The first-order valence-corrected chi connectivity index (χ1v) is 9.21. The van der Waals surface area contributed by atoms with Crippen LogP contribution in [0.3, 0.4) is 0 Å². The summed E-state index contributed by atoms with van der Waals surface area (Å²) in [4.78, 5) is 0. The first-order valence-electron chi connectivity index (χ1n) is 9.21. The van der Waals surface area contributed by atoms with E-state index in [1.165, 1.54) is 38.6 Å². The summed E-state index contributed by atoms with van der Waals surface area (Å²) in [6.07, 6.45) is 0. The highest BCUT2D eigenvalue weighted by Gasteiger charge is 2.18. The molecule has 0 fully saturated rings. The summed E-state index contributed by atoms with van der Waals surface area (Å²) in [7, 11) is 0. The molecule has 4 aromatic carbocycles. The van der Waals surface area contributed by atoms with E-state index < -0.39 is 0 Å². The van der Waals surface area contributed by atoms with Crippen molar-refractivity contribution in [3.63, 3.8) is 0 Å². The lowest BCUT2D eigenvalue weighted by atomic mass is 9.81. The molecular weight excluding hydrogens is 312 g/mol. The average Bonchev–Trinajstić information content (AvgIpc) is 2.67. The smallest absolute Gasteiger partial charge is 0.0125 e. The molecule has 0 aliphatic carbocycles. The van der Waals surface area contributed by atoms with Gasteiger partial charge < -0.3 is 0 Å². The molecule has 26 heavy (non-hydrogen) atoms. The third kappa shape index (κ3) is 3.15. The molecule has 0 radical (unpaired) electrons. The molecule has 0 heterocycles. The van der Waals surface area contributed by atoms with Gasteiger partial charge in [-0.2, -0.15) is 0 Å². The molecule has 0 amide bonds. The summed E-state index contributed by atoms with van der Waals surface area (Å²) in [6, 6.07) is 32.8. The SMILES string of the molecule is CC(C)(C)c1cc(-c2ccccc2)cc2ccc(-c3ccccc3)cc12. The van der Waals surface area contributed by atoms with Crippen molar-refractivity contribution in [2.24, 2.45) is 0 Å². The molecule has 0 saturated heterocycles. The molecule has 0 unspecified atom stereocenters. The van der Waals surface area contributed by atoms with Crippen LogP contribution in [0.1, 0.15) is 26.3 Å². The van der Waals surface area contributed by atoms with Crippen LogP contribution in [0.4, 0.5) is 0 Å². The molecule has 0 atom stereocenters. The Bertz CT molecular complexity index is 1040. The number of benzene rings is 4. The molecule has 0 aliphatic rings. The zero-order chi connectivity index (χ0) is 18.1. The fourth-order valence-corrected chi connectivity index (χ4v) is 3.59. The molecular formula is C26H24. The van der Waals surface area contributed by atoms with Gasteiger partial charge in [0.15, 0.2) is 0 Å². The highest BCUT2D eigenvalue weighted by Crippen LogP contribution is 2.36. The summed E-state index contributed by atoms with van der Waals surface area (Å²) in [5.74, 6) is 0. The van der Waals surface area contributed by atoms with E-state index in [4.69, 9.17) is 0 Å². The number of rotatable bonds is 2. The van der Waals surface area contributed by atoms with Crippen LogP contribution in [-0.4, -0.2) is 0 Å². The summed E-state index contributed by atoms with van der Waals surface area (Å²) < 4.78 is 0. The van der Waals surface area contributed by atoms with Gasteiger partial charge in [0.1, 0.15) is 0 Å². The summed E-state index contributed by atoms with van der Waals surface area (Å²) in [5.41, 5.74) is 6.57. The number of hydrogen-bond donors (Lipinski definition) is 0. The van der Waals surface area contributed by atoms with Gasteiger partial charge in [-0.05, 0) is 62.2 Å². The quantitative estimate of drug-likeness (QED) is 0.356. The second-order valence-corrected chi connectivity index (χ2v) is 7.94. The van der Waals surface area contributed by atoms with Gasteiger partial charge in [0.2, 0.25) is 0 Å². The van der Waals surface area contributed by atoms with Crippen LogP contribution in [0, 0.1) is 0 Å². The van der Waals surface area contributed by atoms with Crippen molar-refractivity contribution >= 4 is 10.8 Å². The van der Waals surface area contributed by atoms with Crippen LogP contribution < -0.4 is 0 Å². The molecule has 0 aliphatic heterocycles. The molecule has 0 aromatic heterocycles. The minimum Gasteiger partial charge on any atom is -0.0622 e. The fourth-order valence-electron chi connectivity index (χ4n) is 3.59. The van der Waals surface area contributed by atoms with E-state index in [2.05, 4.69) is 112 Å². The zero-order valence-corrected chi connectivity index (χ0v) is 15.7. The molecule has 0 saturated carbocycles. The maximum Gasteiger partial charge on any atom is -0.0125 e. The van der Waals surface area contributed by atoms with E-state index in [0.29, 0.717) is 0 Å². The van der Waals surface area contributed by atoms with Crippen molar-refractivity contribution < 1.29 is 0 Å². The molecule has 0 bridgehead atoms. The predicted molar refractivity (Wildman–Crippen MR) is 114 cm³/mol. The molecule has 4 rings (SSSR count). The minimum absolute atomic E-state index is 0.0817. The summed E-state index contributed by atoms with van der Waals surface area (Å²) >= 11 is 0. The zero-order valence-electron chi connectivity index (χ0n) is 15.7. The van der Waals surface area contributed by atoms with Crippen molar-refractivity contribution in [1.29, 1.82) is 0 Å². The maximum absolute atomic E-state index is 2.37.